The fourth-order valence-electron chi connectivity index (χ4n) is 1.44. The van der Waals surface area contributed by atoms with Gasteiger partial charge in [0.25, 0.3) is 0 Å². The molecule has 0 N–H and O–H groups in total. The molecule has 0 unspecified atom stereocenters. The number of rotatable bonds is 1. The molecule has 2 rings (SSSR count). The quantitative estimate of drug-likeness (QED) is 0.647. The van der Waals surface area contributed by atoms with Crippen LogP contribution in [0.2, 0.25) is 0 Å². The second-order valence-corrected chi connectivity index (χ2v) is 3.05. The molecule has 0 saturated carbocycles. The molecule has 0 bridgehead atoms. The zero-order valence-corrected chi connectivity index (χ0v) is 8.52. The lowest BCUT2D eigenvalue weighted by Crippen LogP contribution is -2.09. The number of aromatic nitrogens is 2. The smallest absolute Gasteiger partial charge is 0.232 e. The Morgan fingerprint density at radius 1 is 1.40 bits per heavy atom. The Morgan fingerprint density at radius 2 is 2.20 bits per heavy atom. The lowest BCUT2D eigenvalue weighted by Gasteiger charge is -2.11. The predicted octanol–water partition coefficient (Wildman–Crippen LogP) is 1.48. The molecular weight excluding hydrogens is 192 g/mol. The number of allylic oxidation sites excluding steroid dienone is 3. The molecule has 0 fully saturated rings. The highest BCUT2D eigenvalue weighted by Crippen LogP contribution is 2.24. The lowest BCUT2D eigenvalue weighted by atomic mass is 10.00. The zero-order chi connectivity index (χ0) is 10.8. The van der Waals surface area contributed by atoms with Crippen molar-refractivity contribution < 1.29 is 9.53 Å². The Hall–Kier alpha value is -1.97. The van der Waals surface area contributed by atoms with Crippen molar-refractivity contribution in [3.63, 3.8) is 0 Å². The first kappa shape index (κ1) is 9.58. The Balaban J connectivity index is 2.62. The van der Waals surface area contributed by atoms with E-state index < -0.39 is 0 Å². The van der Waals surface area contributed by atoms with Crippen molar-refractivity contribution in [3.05, 3.63) is 29.7 Å². The Bertz CT molecular complexity index is 475. The molecule has 4 heteroatoms. The summed E-state index contributed by atoms with van der Waals surface area (Å²) in [6.07, 6.45) is 6.43. The zero-order valence-electron chi connectivity index (χ0n) is 8.52. The number of nitrogens with zero attached hydrogens (tertiary/aromatic N) is 2. The summed E-state index contributed by atoms with van der Waals surface area (Å²) >= 11 is 0. The first-order chi connectivity index (χ1) is 7.26. The third kappa shape index (κ3) is 1.54. The standard InChI is InChI=1S/C11H10N2O2/c1-3-7-9(14)5-4-8-11(7)13-10(15-2)6-12-8/h3-6H,1-2H3. The summed E-state index contributed by atoms with van der Waals surface area (Å²) < 4.78 is 4.97. The molecule has 0 saturated heterocycles. The number of methoxy groups -OCH3 is 1. The van der Waals surface area contributed by atoms with Crippen molar-refractivity contribution in [3.8, 4) is 5.88 Å². The molecule has 4 nitrogen and oxygen atoms in total. The Labute approximate surface area is 87.3 Å². The van der Waals surface area contributed by atoms with Crippen LogP contribution >= 0.6 is 0 Å². The summed E-state index contributed by atoms with van der Waals surface area (Å²) in [5, 5.41) is 0. The highest BCUT2D eigenvalue weighted by Gasteiger charge is 2.19. The normalized spacial score (nSPS) is 16.7. The molecule has 1 aliphatic carbocycles. The summed E-state index contributed by atoms with van der Waals surface area (Å²) in [5.74, 6) is 0.365. The number of carbonyl (C=O) groups is 1. The van der Waals surface area contributed by atoms with Crippen LogP contribution in [0, 0.1) is 0 Å². The molecular formula is C11H10N2O2. The molecule has 0 aliphatic heterocycles. The molecule has 0 amide bonds. The first-order valence-electron chi connectivity index (χ1n) is 4.56. The van der Waals surface area contributed by atoms with E-state index in [0.29, 0.717) is 22.8 Å². The van der Waals surface area contributed by atoms with Gasteiger partial charge in [-0.3, -0.25) is 4.79 Å². The van der Waals surface area contributed by atoms with Crippen LogP contribution in [0.1, 0.15) is 18.3 Å². The van der Waals surface area contributed by atoms with Gasteiger partial charge in [-0.1, -0.05) is 6.08 Å². The summed E-state index contributed by atoms with van der Waals surface area (Å²) in [5.41, 5.74) is 1.85. The minimum Gasteiger partial charge on any atom is -0.480 e. The van der Waals surface area contributed by atoms with Gasteiger partial charge in [0.15, 0.2) is 5.78 Å². The van der Waals surface area contributed by atoms with E-state index in [1.54, 1.807) is 19.1 Å². The van der Waals surface area contributed by atoms with Gasteiger partial charge in [-0.2, -0.15) is 0 Å². The average Bonchev–Trinajstić information content (AvgIpc) is 2.28. The minimum atomic E-state index is -0.0486. The van der Waals surface area contributed by atoms with Crippen molar-refractivity contribution in [2.24, 2.45) is 0 Å². The molecule has 1 aromatic heterocycles. The van der Waals surface area contributed by atoms with Gasteiger partial charge in [-0.05, 0) is 19.1 Å². The second-order valence-electron chi connectivity index (χ2n) is 3.05. The first-order valence-corrected chi connectivity index (χ1v) is 4.56. The topological polar surface area (TPSA) is 52.1 Å². The van der Waals surface area contributed by atoms with E-state index in [1.165, 1.54) is 19.4 Å². The van der Waals surface area contributed by atoms with Crippen LogP contribution in [0.3, 0.4) is 0 Å². The summed E-state index contributed by atoms with van der Waals surface area (Å²) in [6, 6.07) is 0. The van der Waals surface area contributed by atoms with E-state index in [9.17, 15) is 4.79 Å². The van der Waals surface area contributed by atoms with Crippen molar-refractivity contribution in [1.82, 2.24) is 9.97 Å². The van der Waals surface area contributed by atoms with E-state index in [4.69, 9.17) is 4.74 Å². The molecule has 76 valence electrons. The van der Waals surface area contributed by atoms with E-state index in [1.807, 2.05) is 0 Å². The molecule has 1 aliphatic rings. The van der Waals surface area contributed by atoms with Gasteiger partial charge in [-0.15, -0.1) is 0 Å². The minimum absolute atomic E-state index is 0.0486. The van der Waals surface area contributed by atoms with Gasteiger partial charge >= 0.3 is 0 Å². The highest BCUT2D eigenvalue weighted by atomic mass is 16.5. The van der Waals surface area contributed by atoms with Crippen molar-refractivity contribution >= 4 is 17.4 Å². The van der Waals surface area contributed by atoms with E-state index >= 15 is 0 Å². The number of ketones is 1. The van der Waals surface area contributed by atoms with Gasteiger partial charge < -0.3 is 4.74 Å². The largest absolute Gasteiger partial charge is 0.480 e. The number of fused-ring (bicyclic) bond motifs is 1. The van der Waals surface area contributed by atoms with E-state index in [2.05, 4.69) is 9.97 Å². The third-order valence-corrected chi connectivity index (χ3v) is 2.19. The summed E-state index contributed by atoms with van der Waals surface area (Å²) in [6.45, 7) is 1.80. The number of ether oxygens (including phenoxy) is 1. The summed E-state index contributed by atoms with van der Waals surface area (Å²) in [7, 11) is 1.52. The Kier molecular flexibility index (Phi) is 2.33. The molecule has 1 heterocycles. The van der Waals surface area contributed by atoms with Crippen LogP contribution < -0.4 is 4.74 Å². The fourth-order valence-corrected chi connectivity index (χ4v) is 1.44. The number of hydrogen-bond donors (Lipinski definition) is 0. The maximum absolute atomic E-state index is 11.5. The maximum Gasteiger partial charge on any atom is 0.232 e. The van der Waals surface area contributed by atoms with Gasteiger partial charge in [0.05, 0.1) is 19.0 Å². The van der Waals surface area contributed by atoms with Gasteiger partial charge in [0, 0.05) is 5.57 Å². The van der Waals surface area contributed by atoms with Crippen LogP contribution in [0.4, 0.5) is 0 Å². The van der Waals surface area contributed by atoms with Crippen LogP contribution in [-0.4, -0.2) is 22.9 Å². The molecule has 15 heavy (non-hydrogen) atoms. The van der Waals surface area contributed by atoms with Crippen molar-refractivity contribution in [2.75, 3.05) is 7.11 Å². The van der Waals surface area contributed by atoms with Crippen LogP contribution in [0.25, 0.3) is 11.6 Å². The molecule has 0 atom stereocenters. The van der Waals surface area contributed by atoms with Gasteiger partial charge in [0.2, 0.25) is 5.88 Å². The Morgan fingerprint density at radius 3 is 2.87 bits per heavy atom. The molecule has 1 aromatic rings. The monoisotopic (exact) mass is 202 g/mol. The number of carbonyl (C=O) groups excluding carboxylic acids is 1. The highest BCUT2D eigenvalue weighted by molar-refractivity contribution is 6.29. The van der Waals surface area contributed by atoms with Crippen LogP contribution in [0.15, 0.2) is 18.3 Å². The average molecular weight is 202 g/mol. The fraction of sp³-hybridized carbons (Fsp3) is 0.182. The second kappa shape index (κ2) is 3.65. The lowest BCUT2D eigenvalue weighted by molar-refractivity contribution is -0.109. The van der Waals surface area contributed by atoms with Crippen LogP contribution in [0.5, 0.6) is 5.88 Å². The summed E-state index contributed by atoms with van der Waals surface area (Å²) in [4.78, 5) is 19.9. The van der Waals surface area contributed by atoms with E-state index in [0.717, 1.165) is 0 Å². The van der Waals surface area contributed by atoms with Gasteiger partial charge in [-0.25, -0.2) is 9.97 Å². The van der Waals surface area contributed by atoms with Crippen molar-refractivity contribution in [1.29, 1.82) is 0 Å². The van der Waals surface area contributed by atoms with Gasteiger partial charge in [0.1, 0.15) is 5.69 Å². The van der Waals surface area contributed by atoms with E-state index in [-0.39, 0.29) is 5.78 Å². The molecule has 0 radical (unpaired) electrons. The SMILES string of the molecule is CC=C1C(=O)C=Cc2ncc(OC)nc21. The van der Waals surface area contributed by atoms with Crippen molar-refractivity contribution in [2.45, 2.75) is 6.92 Å². The van der Waals surface area contributed by atoms with Crippen LogP contribution in [-0.2, 0) is 4.79 Å². The number of hydrogen-bond acceptors (Lipinski definition) is 4. The third-order valence-electron chi connectivity index (χ3n) is 2.19. The predicted molar refractivity (Wildman–Crippen MR) is 56.3 cm³/mol. The molecule has 0 aromatic carbocycles. The molecule has 0 spiro atoms. The maximum atomic E-state index is 11.5.